The van der Waals surface area contributed by atoms with E-state index < -0.39 is 5.97 Å². The second kappa shape index (κ2) is 7.18. The van der Waals surface area contributed by atoms with Crippen molar-refractivity contribution < 1.29 is 9.90 Å². The summed E-state index contributed by atoms with van der Waals surface area (Å²) in [5, 5.41) is 9.89. The fraction of sp³-hybridized carbons (Fsp3) is 0.412. The van der Waals surface area contributed by atoms with Gasteiger partial charge >= 0.3 is 5.97 Å². The smallest absolute Gasteiger partial charge is 0.303 e. The van der Waals surface area contributed by atoms with E-state index in [1.807, 2.05) is 12.1 Å². The van der Waals surface area contributed by atoms with Crippen LogP contribution in [-0.4, -0.2) is 33.5 Å². The number of rotatable bonds is 7. The first kappa shape index (κ1) is 15.4. The van der Waals surface area contributed by atoms with Gasteiger partial charge < -0.3 is 5.11 Å². The highest BCUT2D eigenvalue weighted by atomic mass is 16.4. The quantitative estimate of drug-likeness (QED) is 0.848. The zero-order chi connectivity index (χ0) is 15.2. The van der Waals surface area contributed by atoms with Crippen LogP contribution in [0.1, 0.15) is 32.3 Å². The standard InChI is InChI=1S/C17H22N2O2/c1-13(2)19(10-4-6-17(20)21)12-14-7-8-16-15(11-14)5-3-9-18-16/h3,5,7-9,11,13H,4,6,10,12H2,1-2H3,(H,20,21). The van der Waals surface area contributed by atoms with Crippen molar-refractivity contribution in [1.82, 2.24) is 9.88 Å². The normalized spacial score (nSPS) is 11.4. The average molecular weight is 286 g/mol. The Labute approximate surface area is 125 Å². The highest BCUT2D eigenvalue weighted by Crippen LogP contribution is 2.16. The van der Waals surface area contributed by atoms with E-state index in [2.05, 4.69) is 41.9 Å². The molecule has 1 heterocycles. The van der Waals surface area contributed by atoms with Gasteiger partial charge in [0.25, 0.3) is 0 Å². The SMILES string of the molecule is CC(C)N(CCCC(=O)O)Cc1ccc2ncccc2c1. The number of fused-ring (bicyclic) bond motifs is 1. The van der Waals surface area contributed by atoms with Crippen molar-refractivity contribution in [2.75, 3.05) is 6.54 Å². The van der Waals surface area contributed by atoms with Crippen molar-refractivity contribution in [3.05, 3.63) is 42.1 Å². The molecule has 0 unspecified atom stereocenters. The third-order valence-corrected chi connectivity index (χ3v) is 3.62. The van der Waals surface area contributed by atoms with Gasteiger partial charge in [0, 0.05) is 30.6 Å². The summed E-state index contributed by atoms with van der Waals surface area (Å²) in [5.74, 6) is -0.726. The topological polar surface area (TPSA) is 53.4 Å². The molecule has 2 aromatic rings. The van der Waals surface area contributed by atoms with Crippen molar-refractivity contribution in [2.45, 2.75) is 39.3 Å². The summed E-state index contributed by atoms with van der Waals surface area (Å²) < 4.78 is 0. The average Bonchev–Trinajstić information content (AvgIpc) is 2.45. The first-order valence-corrected chi connectivity index (χ1v) is 7.36. The lowest BCUT2D eigenvalue weighted by molar-refractivity contribution is -0.137. The maximum Gasteiger partial charge on any atom is 0.303 e. The molecule has 0 aliphatic rings. The van der Waals surface area contributed by atoms with E-state index >= 15 is 0 Å². The van der Waals surface area contributed by atoms with Gasteiger partial charge in [-0.05, 0) is 50.6 Å². The number of aromatic nitrogens is 1. The second-order valence-electron chi connectivity index (χ2n) is 5.59. The first-order valence-electron chi connectivity index (χ1n) is 7.36. The Balaban J connectivity index is 2.05. The predicted octanol–water partition coefficient (Wildman–Crippen LogP) is 3.31. The van der Waals surface area contributed by atoms with E-state index in [0.29, 0.717) is 12.5 Å². The lowest BCUT2D eigenvalue weighted by atomic mass is 10.1. The number of pyridine rings is 1. The summed E-state index contributed by atoms with van der Waals surface area (Å²) in [6.45, 7) is 5.92. The number of benzene rings is 1. The van der Waals surface area contributed by atoms with Crippen LogP contribution in [0, 0.1) is 0 Å². The van der Waals surface area contributed by atoms with Gasteiger partial charge in [0.1, 0.15) is 0 Å². The van der Waals surface area contributed by atoms with Crippen LogP contribution < -0.4 is 0 Å². The molecule has 4 heteroatoms. The van der Waals surface area contributed by atoms with E-state index in [1.165, 1.54) is 5.56 Å². The molecule has 0 aliphatic carbocycles. The lowest BCUT2D eigenvalue weighted by Crippen LogP contribution is -2.31. The molecular formula is C17H22N2O2. The fourth-order valence-electron chi connectivity index (χ4n) is 2.41. The Morgan fingerprint density at radius 3 is 2.86 bits per heavy atom. The number of aliphatic carboxylic acids is 1. The van der Waals surface area contributed by atoms with Crippen molar-refractivity contribution in [2.24, 2.45) is 0 Å². The summed E-state index contributed by atoms with van der Waals surface area (Å²) in [7, 11) is 0. The number of hydrogen-bond acceptors (Lipinski definition) is 3. The second-order valence-corrected chi connectivity index (χ2v) is 5.59. The highest BCUT2D eigenvalue weighted by Gasteiger charge is 2.11. The van der Waals surface area contributed by atoms with E-state index in [9.17, 15) is 4.79 Å². The molecule has 1 aromatic heterocycles. The summed E-state index contributed by atoms with van der Waals surface area (Å²) >= 11 is 0. The maximum atomic E-state index is 10.6. The number of nitrogens with zero attached hydrogens (tertiary/aromatic N) is 2. The Kier molecular flexibility index (Phi) is 5.28. The summed E-state index contributed by atoms with van der Waals surface area (Å²) in [5.41, 5.74) is 2.24. The van der Waals surface area contributed by atoms with Gasteiger partial charge in [-0.3, -0.25) is 14.7 Å². The number of hydrogen-bond donors (Lipinski definition) is 1. The lowest BCUT2D eigenvalue weighted by Gasteiger charge is -2.26. The number of carboxylic acids is 1. The van der Waals surface area contributed by atoms with Crippen LogP contribution >= 0.6 is 0 Å². The van der Waals surface area contributed by atoms with Gasteiger partial charge in [-0.25, -0.2) is 0 Å². The monoisotopic (exact) mass is 286 g/mol. The van der Waals surface area contributed by atoms with Crippen LogP contribution in [0.4, 0.5) is 0 Å². The number of carbonyl (C=O) groups is 1. The van der Waals surface area contributed by atoms with Crippen LogP contribution in [0.5, 0.6) is 0 Å². The molecule has 0 fully saturated rings. The molecule has 4 nitrogen and oxygen atoms in total. The molecule has 2 rings (SSSR count). The van der Waals surface area contributed by atoms with Crippen LogP contribution in [0.15, 0.2) is 36.5 Å². The summed E-state index contributed by atoms with van der Waals surface area (Å²) in [6, 6.07) is 10.7. The Hall–Kier alpha value is -1.94. The third-order valence-electron chi connectivity index (χ3n) is 3.62. The first-order chi connectivity index (χ1) is 10.1. The van der Waals surface area contributed by atoms with E-state index in [4.69, 9.17) is 5.11 Å². The third kappa shape index (κ3) is 4.53. The van der Waals surface area contributed by atoms with Gasteiger partial charge in [-0.1, -0.05) is 12.1 Å². The van der Waals surface area contributed by atoms with E-state index in [-0.39, 0.29) is 6.42 Å². The molecule has 21 heavy (non-hydrogen) atoms. The van der Waals surface area contributed by atoms with Crippen molar-refractivity contribution >= 4 is 16.9 Å². The van der Waals surface area contributed by atoms with Gasteiger partial charge in [0.15, 0.2) is 0 Å². The largest absolute Gasteiger partial charge is 0.481 e. The van der Waals surface area contributed by atoms with E-state index in [0.717, 1.165) is 24.0 Å². The Bertz CT molecular complexity index is 611. The fourth-order valence-corrected chi connectivity index (χ4v) is 2.41. The van der Waals surface area contributed by atoms with Gasteiger partial charge in [0.2, 0.25) is 0 Å². The zero-order valence-electron chi connectivity index (χ0n) is 12.6. The molecule has 0 atom stereocenters. The van der Waals surface area contributed by atoms with Crippen molar-refractivity contribution in [3.63, 3.8) is 0 Å². The van der Waals surface area contributed by atoms with Gasteiger partial charge in [-0.15, -0.1) is 0 Å². The minimum absolute atomic E-state index is 0.227. The Morgan fingerprint density at radius 1 is 1.33 bits per heavy atom. The van der Waals surface area contributed by atoms with Crippen LogP contribution in [0.25, 0.3) is 10.9 Å². The molecule has 1 aromatic carbocycles. The van der Waals surface area contributed by atoms with Gasteiger partial charge in [-0.2, -0.15) is 0 Å². The molecule has 0 saturated carbocycles. The Morgan fingerprint density at radius 2 is 2.14 bits per heavy atom. The number of carboxylic acid groups (broad SMARTS) is 1. The molecule has 112 valence electrons. The molecule has 0 bridgehead atoms. The molecule has 0 saturated heterocycles. The maximum absolute atomic E-state index is 10.6. The molecular weight excluding hydrogens is 264 g/mol. The minimum atomic E-state index is -0.726. The minimum Gasteiger partial charge on any atom is -0.481 e. The molecule has 0 aliphatic heterocycles. The molecule has 0 spiro atoms. The summed E-state index contributed by atoms with van der Waals surface area (Å²) in [6.07, 6.45) is 2.71. The highest BCUT2D eigenvalue weighted by molar-refractivity contribution is 5.78. The predicted molar refractivity (Wildman–Crippen MR) is 84.2 cm³/mol. The van der Waals surface area contributed by atoms with E-state index in [1.54, 1.807) is 6.20 Å². The van der Waals surface area contributed by atoms with Crippen LogP contribution in [-0.2, 0) is 11.3 Å². The van der Waals surface area contributed by atoms with Gasteiger partial charge in [0.05, 0.1) is 5.52 Å². The summed E-state index contributed by atoms with van der Waals surface area (Å²) in [4.78, 5) is 17.3. The van der Waals surface area contributed by atoms with Crippen molar-refractivity contribution in [3.8, 4) is 0 Å². The van der Waals surface area contributed by atoms with Crippen LogP contribution in [0.3, 0.4) is 0 Å². The molecule has 0 radical (unpaired) electrons. The zero-order valence-corrected chi connectivity index (χ0v) is 12.6. The molecule has 1 N–H and O–H groups in total. The molecule has 0 amide bonds. The van der Waals surface area contributed by atoms with Crippen molar-refractivity contribution in [1.29, 1.82) is 0 Å². The van der Waals surface area contributed by atoms with Crippen LogP contribution in [0.2, 0.25) is 0 Å².